The van der Waals surface area contributed by atoms with Gasteiger partial charge in [-0.3, -0.25) is 0 Å². The molecule has 0 fully saturated rings. The number of hydrogen-bond acceptors (Lipinski definition) is 2. The van der Waals surface area contributed by atoms with E-state index in [-0.39, 0.29) is 11.5 Å². The van der Waals surface area contributed by atoms with E-state index in [1.807, 2.05) is 36.4 Å². The van der Waals surface area contributed by atoms with E-state index in [0.717, 1.165) is 29.0 Å². The summed E-state index contributed by atoms with van der Waals surface area (Å²) < 4.78 is 11.2. The molecule has 1 aliphatic heterocycles. The van der Waals surface area contributed by atoms with Crippen molar-refractivity contribution in [3.8, 4) is 11.5 Å². The third-order valence-corrected chi connectivity index (χ3v) is 4.29. The van der Waals surface area contributed by atoms with Crippen LogP contribution in [0.5, 0.6) is 11.5 Å². The number of ether oxygens (including phenoxy) is 2. The van der Waals surface area contributed by atoms with Gasteiger partial charge in [0, 0.05) is 6.42 Å². The van der Waals surface area contributed by atoms with Crippen LogP contribution >= 0.6 is 11.6 Å². The largest absolute Gasteiger partial charge is 0.497 e. The van der Waals surface area contributed by atoms with Gasteiger partial charge in [0.15, 0.2) is 0 Å². The van der Waals surface area contributed by atoms with E-state index >= 15 is 0 Å². The molecule has 1 aliphatic rings. The summed E-state index contributed by atoms with van der Waals surface area (Å²) in [5.74, 6) is 1.81. The summed E-state index contributed by atoms with van der Waals surface area (Å²) in [5, 5.41) is -0.159. The second-order valence-corrected chi connectivity index (χ2v) is 5.56. The zero-order chi connectivity index (χ0) is 14.1. The molecular weight excluding hydrogens is 272 g/mol. The molecule has 2 atom stereocenters. The molecule has 0 amide bonds. The number of fused-ring (bicyclic) bond motifs is 1. The van der Waals surface area contributed by atoms with E-state index in [1.165, 1.54) is 5.56 Å². The third-order valence-electron chi connectivity index (χ3n) is 3.77. The van der Waals surface area contributed by atoms with Gasteiger partial charge in [-0.2, -0.15) is 0 Å². The SMILES string of the molecule is COc1ccc(C(Cl)C2Cc3ccccc3O2)c(C)c1. The van der Waals surface area contributed by atoms with Gasteiger partial charge in [0.05, 0.1) is 12.5 Å². The first-order valence-electron chi connectivity index (χ1n) is 6.72. The third kappa shape index (κ3) is 2.36. The average molecular weight is 289 g/mol. The number of benzene rings is 2. The fraction of sp³-hybridized carbons (Fsp3) is 0.294. The first-order valence-corrected chi connectivity index (χ1v) is 7.16. The standard InChI is InChI=1S/C17H17ClO2/c1-11-9-13(19-2)7-8-14(11)17(18)16-10-12-5-3-4-6-15(12)20-16/h3-9,16-17H,10H2,1-2H3. The Balaban J connectivity index is 1.82. The van der Waals surface area contributed by atoms with Crippen LogP contribution in [0.25, 0.3) is 0 Å². The molecule has 0 radical (unpaired) electrons. The van der Waals surface area contributed by atoms with Crippen LogP contribution in [-0.4, -0.2) is 13.2 Å². The Labute approximate surface area is 124 Å². The molecule has 2 unspecified atom stereocenters. The minimum atomic E-state index is -0.159. The van der Waals surface area contributed by atoms with Gasteiger partial charge in [-0.25, -0.2) is 0 Å². The van der Waals surface area contributed by atoms with Crippen LogP contribution in [0.15, 0.2) is 42.5 Å². The van der Waals surface area contributed by atoms with Gasteiger partial charge in [0.25, 0.3) is 0 Å². The predicted molar refractivity (Wildman–Crippen MR) is 80.9 cm³/mol. The molecule has 0 bridgehead atoms. The normalized spacial score (nSPS) is 18.2. The van der Waals surface area contributed by atoms with E-state index in [1.54, 1.807) is 7.11 Å². The van der Waals surface area contributed by atoms with Gasteiger partial charge in [-0.1, -0.05) is 24.3 Å². The summed E-state index contributed by atoms with van der Waals surface area (Å²) >= 11 is 6.64. The van der Waals surface area contributed by atoms with Gasteiger partial charge in [0.1, 0.15) is 17.6 Å². The van der Waals surface area contributed by atoms with Gasteiger partial charge in [0.2, 0.25) is 0 Å². The van der Waals surface area contributed by atoms with Crippen LogP contribution in [-0.2, 0) is 6.42 Å². The van der Waals surface area contributed by atoms with Crippen molar-refractivity contribution in [1.29, 1.82) is 0 Å². The Kier molecular flexibility index (Phi) is 3.58. The highest BCUT2D eigenvalue weighted by Gasteiger charge is 2.30. The first kappa shape index (κ1) is 13.3. The summed E-state index contributed by atoms with van der Waals surface area (Å²) in [5.41, 5.74) is 3.46. The first-order chi connectivity index (χ1) is 9.69. The van der Waals surface area contributed by atoms with Gasteiger partial charge < -0.3 is 9.47 Å². The van der Waals surface area contributed by atoms with Crippen molar-refractivity contribution in [3.05, 3.63) is 59.2 Å². The van der Waals surface area contributed by atoms with E-state index in [2.05, 4.69) is 13.0 Å². The number of halogens is 1. The fourth-order valence-electron chi connectivity index (χ4n) is 2.66. The summed E-state index contributed by atoms with van der Waals surface area (Å²) in [6.45, 7) is 2.05. The Hall–Kier alpha value is -1.67. The lowest BCUT2D eigenvalue weighted by atomic mass is 9.99. The smallest absolute Gasteiger partial charge is 0.123 e. The number of aryl methyl sites for hydroxylation is 1. The maximum atomic E-state index is 6.64. The molecule has 2 aromatic carbocycles. The molecule has 0 aromatic heterocycles. The van der Waals surface area contributed by atoms with Crippen molar-refractivity contribution in [2.75, 3.05) is 7.11 Å². The van der Waals surface area contributed by atoms with Crippen LogP contribution in [0.3, 0.4) is 0 Å². The Morgan fingerprint density at radius 2 is 2.05 bits per heavy atom. The minimum absolute atomic E-state index is 0.0128. The van der Waals surface area contributed by atoms with Crippen LogP contribution in [0.1, 0.15) is 22.1 Å². The molecule has 0 saturated heterocycles. The van der Waals surface area contributed by atoms with Crippen molar-refractivity contribution in [1.82, 2.24) is 0 Å². The molecule has 3 rings (SSSR count). The molecule has 0 N–H and O–H groups in total. The lowest BCUT2D eigenvalue weighted by molar-refractivity contribution is 0.227. The molecule has 2 aromatic rings. The number of hydrogen-bond donors (Lipinski definition) is 0. The van der Waals surface area contributed by atoms with Crippen LogP contribution < -0.4 is 9.47 Å². The Morgan fingerprint density at radius 3 is 2.75 bits per heavy atom. The number of alkyl halides is 1. The van der Waals surface area contributed by atoms with E-state index in [9.17, 15) is 0 Å². The minimum Gasteiger partial charge on any atom is -0.497 e. The van der Waals surface area contributed by atoms with Gasteiger partial charge >= 0.3 is 0 Å². The summed E-state index contributed by atoms with van der Waals surface area (Å²) in [6.07, 6.45) is 0.844. The van der Waals surface area contributed by atoms with E-state index < -0.39 is 0 Å². The van der Waals surface area contributed by atoms with Crippen molar-refractivity contribution in [2.24, 2.45) is 0 Å². The number of para-hydroxylation sites is 1. The highest BCUT2D eigenvalue weighted by molar-refractivity contribution is 6.21. The van der Waals surface area contributed by atoms with Crippen molar-refractivity contribution < 1.29 is 9.47 Å². The molecule has 2 nitrogen and oxygen atoms in total. The maximum absolute atomic E-state index is 6.64. The van der Waals surface area contributed by atoms with E-state index in [0.29, 0.717) is 0 Å². The second-order valence-electron chi connectivity index (χ2n) is 5.09. The van der Waals surface area contributed by atoms with E-state index in [4.69, 9.17) is 21.1 Å². The molecule has 3 heteroatoms. The fourth-order valence-corrected chi connectivity index (χ4v) is 3.04. The lowest BCUT2D eigenvalue weighted by Crippen LogP contribution is -2.20. The molecule has 104 valence electrons. The van der Waals surface area contributed by atoms with Crippen molar-refractivity contribution in [2.45, 2.75) is 24.8 Å². The maximum Gasteiger partial charge on any atom is 0.123 e. The molecule has 0 saturated carbocycles. The quantitative estimate of drug-likeness (QED) is 0.785. The molecule has 0 spiro atoms. The van der Waals surface area contributed by atoms with Crippen LogP contribution in [0, 0.1) is 6.92 Å². The van der Waals surface area contributed by atoms with Crippen molar-refractivity contribution >= 4 is 11.6 Å². The highest BCUT2D eigenvalue weighted by atomic mass is 35.5. The van der Waals surface area contributed by atoms with Crippen LogP contribution in [0.2, 0.25) is 0 Å². The predicted octanol–water partition coefficient (Wildman–Crippen LogP) is 4.29. The molecular formula is C17H17ClO2. The summed E-state index contributed by atoms with van der Waals surface area (Å²) in [7, 11) is 1.67. The summed E-state index contributed by atoms with van der Waals surface area (Å²) in [6, 6.07) is 14.1. The average Bonchev–Trinajstić information content (AvgIpc) is 2.90. The topological polar surface area (TPSA) is 18.5 Å². The Morgan fingerprint density at radius 1 is 1.25 bits per heavy atom. The molecule has 0 aliphatic carbocycles. The second kappa shape index (κ2) is 5.37. The molecule has 20 heavy (non-hydrogen) atoms. The zero-order valence-corrected chi connectivity index (χ0v) is 12.4. The molecule has 1 heterocycles. The van der Waals surface area contributed by atoms with Crippen LogP contribution in [0.4, 0.5) is 0 Å². The van der Waals surface area contributed by atoms with Gasteiger partial charge in [-0.05, 0) is 41.8 Å². The summed E-state index contributed by atoms with van der Waals surface area (Å²) in [4.78, 5) is 0. The Bertz CT molecular complexity index is 599. The zero-order valence-electron chi connectivity index (χ0n) is 11.6. The van der Waals surface area contributed by atoms with Gasteiger partial charge in [-0.15, -0.1) is 11.6 Å². The number of rotatable bonds is 3. The van der Waals surface area contributed by atoms with Crippen molar-refractivity contribution in [3.63, 3.8) is 0 Å². The monoisotopic (exact) mass is 288 g/mol. The number of methoxy groups -OCH3 is 1. The lowest BCUT2D eigenvalue weighted by Gasteiger charge is -2.19. The highest BCUT2D eigenvalue weighted by Crippen LogP contribution is 2.38.